The summed E-state index contributed by atoms with van der Waals surface area (Å²) in [5.41, 5.74) is 3.12. The molecule has 0 aliphatic carbocycles. The third-order valence-electron chi connectivity index (χ3n) is 8.82. The fourth-order valence-corrected chi connectivity index (χ4v) is 9.40. The molecule has 0 saturated carbocycles. The van der Waals surface area contributed by atoms with Gasteiger partial charge in [-0.2, -0.15) is 14.1 Å². The van der Waals surface area contributed by atoms with Crippen LogP contribution < -0.4 is 15.3 Å². The van der Waals surface area contributed by atoms with E-state index in [2.05, 4.69) is 25.4 Å². The van der Waals surface area contributed by atoms with Crippen LogP contribution in [0.4, 0.5) is 11.6 Å². The van der Waals surface area contributed by atoms with Crippen molar-refractivity contribution >= 4 is 61.3 Å². The minimum atomic E-state index is -3.72. The maximum Gasteiger partial charge on any atom is 0.233 e. The lowest BCUT2D eigenvalue weighted by Gasteiger charge is -2.35. The van der Waals surface area contributed by atoms with Gasteiger partial charge in [-0.05, 0) is 47.5 Å². The van der Waals surface area contributed by atoms with Crippen LogP contribution in [0.5, 0.6) is 0 Å². The monoisotopic (exact) mass is 822 g/mol. The number of halogens is 2. The van der Waals surface area contributed by atoms with Gasteiger partial charge >= 0.3 is 0 Å². The van der Waals surface area contributed by atoms with Gasteiger partial charge in [0.2, 0.25) is 26.5 Å². The highest BCUT2D eigenvalue weighted by atomic mass is 35.5. The number of hydroxylamine groups is 3. The van der Waals surface area contributed by atoms with E-state index in [0.717, 1.165) is 11.6 Å². The van der Waals surface area contributed by atoms with E-state index in [0.29, 0.717) is 65.5 Å². The summed E-state index contributed by atoms with van der Waals surface area (Å²) in [7, 11) is -7.26. The van der Waals surface area contributed by atoms with E-state index in [1.807, 2.05) is 15.9 Å². The lowest BCUT2D eigenvalue weighted by molar-refractivity contribution is -0.159. The molecule has 0 radical (unpaired) electrons. The van der Waals surface area contributed by atoms with Gasteiger partial charge in [-0.15, -0.1) is 0 Å². The molecule has 1 amide bonds. The number of pyridine rings is 4. The number of nitrogens with zero attached hydrogens (tertiary/aromatic N) is 9. The molecule has 0 spiro atoms. The molecular formula is C33H40Cl2N10O7S2. The zero-order valence-electron chi connectivity index (χ0n) is 28.9. The van der Waals surface area contributed by atoms with Crippen molar-refractivity contribution in [3.8, 4) is 0 Å². The fraction of sp³-hybridized carbons (Fsp3) is 0.364. The lowest BCUT2D eigenvalue weighted by atomic mass is 10.1. The lowest BCUT2D eigenvalue weighted by Crippen LogP contribution is -2.50. The molecule has 4 aromatic heterocycles. The molecule has 2 atom stereocenters. The molecule has 2 aliphatic rings. The molecule has 54 heavy (non-hydrogen) atoms. The molecule has 2 saturated heterocycles. The van der Waals surface area contributed by atoms with E-state index in [-0.39, 0.29) is 25.3 Å². The Morgan fingerprint density at radius 2 is 1.17 bits per heavy atom. The second-order valence-corrected chi connectivity index (χ2v) is 17.2. The molecule has 6 rings (SSSR count). The average Bonchev–Trinajstić information content (AvgIpc) is 3.20. The summed E-state index contributed by atoms with van der Waals surface area (Å²) in [6.07, 6.45) is 9.40. The maximum absolute atomic E-state index is 12.9. The standard InChI is InChI=1S/C17H20ClN5O4S.C16H20ClN5O3S/c18-15-3-4-17(20-11-15)21-6-8-22(9-7-21)28(26,27)12-16(23(25)13-24)14-2-1-5-19-10-14;17-14-3-4-16(19-11-14)21-6-8-22(9-7-21)26(24,25)12-15(20-23)13-2-1-5-18-10-13/h1-5,10-11,13,16,25H,6-9,12H2;1-5,10-11,15,20,23H,6-9,12H2/t16-;15-/m11/s1. The maximum atomic E-state index is 12.9. The largest absolute Gasteiger partial charge is 0.354 e. The first-order valence-electron chi connectivity index (χ1n) is 16.7. The van der Waals surface area contributed by atoms with Gasteiger partial charge in [0, 0.05) is 89.5 Å². The number of carbonyl (C=O) groups excluding carboxylic acids is 1. The Bertz CT molecular complexity index is 1990. The molecule has 290 valence electrons. The Kier molecular flexibility index (Phi) is 14.5. The van der Waals surface area contributed by atoms with Crippen molar-refractivity contribution in [3.63, 3.8) is 0 Å². The molecule has 21 heteroatoms. The van der Waals surface area contributed by atoms with Crippen LogP contribution in [0.3, 0.4) is 0 Å². The molecule has 6 heterocycles. The minimum absolute atomic E-state index is 0.192. The van der Waals surface area contributed by atoms with Gasteiger partial charge in [0.25, 0.3) is 0 Å². The Morgan fingerprint density at radius 1 is 0.704 bits per heavy atom. The van der Waals surface area contributed by atoms with Crippen molar-refractivity contribution in [1.82, 2.24) is 39.1 Å². The molecule has 0 unspecified atom stereocenters. The predicted octanol–water partition coefficient (Wildman–Crippen LogP) is 2.47. The molecule has 2 aliphatic heterocycles. The number of anilines is 2. The summed E-state index contributed by atoms with van der Waals surface area (Å²) in [5, 5.41) is 20.7. The molecular weight excluding hydrogens is 783 g/mol. The van der Waals surface area contributed by atoms with Crippen LogP contribution in [-0.4, -0.2) is 131 Å². The van der Waals surface area contributed by atoms with Gasteiger partial charge in [-0.1, -0.05) is 35.3 Å². The van der Waals surface area contributed by atoms with Gasteiger partial charge in [-0.25, -0.2) is 31.9 Å². The van der Waals surface area contributed by atoms with E-state index >= 15 is 0 Å². The molecule has 3 N–H and O–H groups in total. The molecule has 2 fully saturated rings. The predicted molar refractivity (Wildman–Crippen MR) is 202 cm³/mol. The van der Waals surface area contributed by atoms with Crippen molar-refractivity contribution in [2.45, 2.75) is 12.1 Å². The molecule has 0 bridgehead atoms. The molecule has 0 aromatic carbocycles. The van der Waals surface area contributed by atoms with Crippen molar-refractivity contribution in [3.05, 3.63) is 107 Å². The van der Waals surface area contributed by atoms with Crippen LogP contribution in [0.2, 0.25) is 10.0 Å². The highest BCUT2D eigenvalue weighted by Gasteiger charge is 2.33. The van der Waals surface area contributed by atoms with E-state index in [1.165, 1.54) is 27.2 Å². The van der Waals surface area contributed by atoms with Crippen molar-refractivity contribution in [1.29, 1.82) is 0 Å². The highest BCUT2D eigenvalue weighted by Crippen LogP contribution is 2.24. The van der Waals surface area contributed by atoms with E-state index in [9.17, 15) is 32.0 Å². The Balaban J connectivity index is 0.000000208. The van der Waals surface area contributed by atoms with E-state index in [4.69, 9.17) is 23.2 Å². The number of hydrogen-bond acceptors (Lipinski definition) is 14. The smallest absolute Gasteiger partial charge is 0.233 e. The summed E-state index contributed by atoms with van der Waals surface area (Å²) in [4.78, 5) is 31.4. The zero-order valence-corrected chi connectivity index (χ0v) is 32.1. The topological polar surface area (TPSA) is 206 Å². The number of amides is 1. The van der Waals surface area contributed by atoms with E-state index in [1.54, 1.807) is 61.1 Å². The minimum Gasteiger partial charge on any atom is -0.354 e. The van der Waals surface area contributed by atoms with Crippen LogP contribution in [0.15, 0.2) is 85.7 Å². The Morgan fingerprint density at radius 3 is 1.56 bits per heavy atom. The van der Waals surface area contributed by atoms with Gasteiger partial charge in [0.1, 0.15) is 17.7 Å². The van der Waals surface area contributed by atoms with Crippen LogP contribution in [0.25, 0.3) is 0 Å². The van der Waals surface area contributed by atoms with Crippen LogP contribution in [-0.2, 0) is 24.8 Å². The number of hydrogen-bond donors (Lipinski definition) is 3. The second kappa shape index (κ2) is 19.0. The normalized spacial score (nSPS) is 16.9. The second-order valence-electron chi connectivity index (χ2n) is 12.3. The number of piperazine rings is 2. The average molecular weight is 824 g/mol. The highest BCUT2D eigenvalue weighted by molar-refractivity contribution is 7.89. The zero-order chi connectivity index (χ0) is 38.7. The first-order valence-corrected chi connectivity index (χ1v) is 20.7. The summed E-state index contributed by atoms with van der Waals surface area (Å²) < 4.78 is 54.0. The van der Waals surface area contributed by atoms with E-state index < -0.39 is 37.9 Å². The number of rotatable bonds is 13. The Labute approximate surface area is 323 Å². The van der Waals surface area contributed by atoms with Crippen molar-refractivity contribution < 1.29 is 32.0 Å². The first-order chi connectivity index (χ1) is 25.9. The number of sulfonamides is 2. The Hall–Kier alpha value is -4.05. The summed E-state index contributed by atoms with van der Waals surface area (Å²) in [6.45, 7) is 3.30. The van der Waals surface area contributed by atoms with Crippen LogP contribution in [0, 0.1) is 0 Å². The SMILES string of the molecule is O=CN(O)[C@H](CS(=O)(=O)N1CCN(c2ccc(Cl)cn2)CC1)c1cccnc1.O=S(=O)(C[C@@H](NO)c1cccnc1)N1CCN(c2ccc(Cl)cn2)CC1. The first kappa shape index (κ1) is 41.1. The van der Waals surface area contributed by atoms with Crippen molar-refractivity contribution in [2.24, 2.45) is 0 Å². The van der Waals surface area contributed by atoms with Crippen LogP contribution >= 0.6 is 23.2 Å². The quantitative estimate of drug-likeness (QED) is 0.101. The summed E-state index contributed by atoms with van der Waals surface area (Å²) >= 11 is 11.7. The van der Waals surface area contributed by atoms with Gasteiger partial charge < -0.3 is 15.0 Å². The number of aromatic nitrogens is 4. The third kappa shape index (κ3) is 11.0. The van der Waals surface area contributed by atoms with Crippen LogP contribution in [0.1, 0.15) is 23.2 Å². The number of carbonyl (C=O) groups is 1. The molecule has 17 nitrogen and oxygen atoms in total. The third-order valence-corrected chi connectivity index (χ3v) is 13.1. The van der Waals surface area contributed by atoms with Crippen molar-refractivity contribution in [2.75, 3.05) is 73.7 Å². The van der Waals surface area contributed by atoms with Gasteiger partial charge in [0.15, 0.2) is 0 Å². The number of nitrogens with one attached hydrogen (secondary N) is 1. The fourth-order valence-electron chi connectivity index (χ4n) is 5.88. The summed E-state index contributed by atoms with van der Waals surface area (Å²) in [5.74, 6) is 0.829. The van der Waals surface area contributed by atoms with Gasteiger partial charge in [0.05, 0.1) is 27.6 Å². The molecule has 4 aromatic rings. The summed E-state index contributed by atoms with van der Waals surface area (Å²) in [6, 6.07) is 12.0. The van der Waals surface area contributed by atoms with Gasteiger partial charge in [-0.3, -0.25) is 20.0 Å².